The van der Waals surface area contributed by atoms with Crippen LogP contribution >= 0.6 is 0 Å². The lowest BCUT2D eigenvalue weighted by atomic mass is 10.1. The Balaban J connectivity index is 1.37. The predicted molar refractivity (Wildman–Crippen MR) is 153 cm³/mol. The van der Waals surface area contributed by atoms with Gasteiger partial charge >= 0.3 is 6.03 Å². The Morgan fingerprint density at radius 1 is 0.780 bits per heavy atom. The molecule has 0 radical (unpaired) electrons. The number of amides is 4. The largest absolute Gasteiger partial charge is 0.497 e. The van der Waals surface area contributed by atoms with Gasteiger partial charge in [-0.15, -0.1) is 0 Å². The van der Waals surface area contributed by atoms with Gasteiger partial charge in [0, 0.05) is 0 Å². The van der Waals surface area contributed by atoms with Crippen LogP contribution in [0, 0.1) is 6.92 Å². The summed E-state index contributed by atoms with van der Waals surface area (Å²) in [5, 5.41) is 2.22. The number of aryl methyl sites for hydroxylation is 1. The number of anilines is 1. The normalized spacial score (nSPS) is 14.2. The minimum Gasteiger partial charge on any atom is -0.497 e. The summed E-state index contributed by atoms with van der Waals surface area (Å²) in [5.41, 5.74) is 1.79. The number of hydrogen-bond acceptors (Lipinski definition) is 8. The van der Waals surface area contributed by atoms with E-state index < -0.39 is 17.8 Å². The molecule has 4 rings (SSSR count). The fourth-order valence-electron chi connectivity index (χ4n) is 3.96. The van der Waals surface area contributed by atoms with Gasteiger partial charge in [-0.3, -0.25) is 14.9 Å². The predicted octanol–water partition coefficient (Wildman–Crippen LogP) is 4.54. The third-order valence-electron chi connectivity index (χ3n) is 6.01. The van der Waals surface area contributed by atoms with Crippen molar-refractivity contribution in [2.45, 2.75) is 13.8 Å². The smallest absolute Gasteiger partial charge is 0.335 e. The quantitative estimate of drug-likeness (QED) is 0.184. The Kier molecular flexibility index (Phi) is 9.95. The molecule has 1 aliphatic rings. The summed E-state index contributed by atoms with van der Waals surface area (Å²) in [7, 11) is 1.51. The van der Waals surface area contributed by atoms with Gasteiger partial charge in [0.2, 0.25) is 0 Å². The summed E-state index contributed by atoms with van der Waals surface area (Å²) >= 11 is 0. The lowest BCUT2D eigenvalue weighted by Gasteiger charge is -2.26. The summed E-state index contributed by atoms with van der Waals surface area (Å²) in [4.78, 5) is 39.1. The number of imide groups is 2. The van der Waals surface area contributed by atoms with Gasteiger partial charge in [0.25, 0.3) is 11.8 Å². The topological polar surface area (TPSA) is 113 Å². The zero-order valence-corrected chi connectivity index (χ0v) is 23.2. The van der Waals surface area contributed by atoms with Crippen LogP contribution in [0.2, 0.25) is 0 Å². The molecule has 3 aromatic carbocycles. The fraction of sp³-hybridized carbons (Fsp3) is 0.258. The van der Waals surface area contributed by atoms with E-state index in [0.717, 1.165) is 10.6 Å². The number of rotatable bonds is 13. The highest BCUT2D eigenvalue weighted by atomic mass is 16.6. The van der Waals surface area contributed by atoms with Crippen molar-refractivity contribution < 1.29 is 38.1 Å². The fourth-order valence-corrected chi connectivity index (χ4v) is 3.96. The Labute approximate surface area is 238 Å². The molecule has 0 bridgehead atoms. The number of nitrogens with zero attached hydrogens (tertiary/aromatic N) is 1. The summed E-state index contributed by atoms with van der Waals surface area (Å²) in [6, 6.07) is 18.4. The molecule has 214 valence electrons. The molecular weight excluding hydrogens is 528 g/mol. The molecule has 1 N–H and O–H groups in total. The molecule has 0 spiro atoms. The van der Waals surface area contributed by atoms with Gasteiger partial charge in [0.1, 0.15) is 30.3 Å². The molecule has 0 unspecified atom stereocenters. The highest BCUT2D eigenvalue weighted by Crippen LogP contribution is 2.30. The van der Waals surface area contributed by atoms with E-state index in [1.165, 1.54) is 18.7 Å². The maximum atomic E-state index is 13.2. The second-order valence-corrected chi connectivity index (χ2v) is 8.92. The van der Waals surface area contributed by atoms with Crippen LogP contribution in [0.1, 0.15) is 18.1 Å². The number of barbiturate groups is 1. The van der Waals surface area contributed by atoms with Crippen LogP contribution in [-0.2, 0) is 14.3 Å². The van der Waals surface area contributed by atoms with Crippen molar-refractivity contribution in [2.24, 2.45) is 0 Å². The number of carbonyl (C=O) groups is 3. The third-order valence-corrected chi connectivity index (χ3v) is 6.01. The van der Waals surface area contributed by atoms with Gasteiger partial charge in [0.05, 0.1) is 32.6 Å². The molecule has 1 aliphatic heterocycles. The summed E-state index contributed by atoms with van der Waals surface area (Å²) < 4.78 is 27.9. The first-order valence-electron chi connectivity index (χ1n) is 13.1. The second-order valence-electron chi connectivity index (χ2n) is 8.92. The molecule has 3 aromatic rings. The molecule has 1 fully saturated rings. The Morgan fingerprint density at radius 2 is 1.46 bits per heavy atom. The van der Waals surface area contributed by atoms with Gasteiger partial charge < -0.3 is 23.7 Å². The monoisotopic (exact) mass is 560 g/mol. The molecule has 0 saturated carbocycles. The van der Waals surface area contributed by atoms with Crippen LogP contribution in [-0.4, -0.2) is 58.0 Å². The maximum Gasteiger partial charge on any atom is 0.335 e. The average molecular weight is 561 g/mol. The highest BCUT2D eigenvalue weighted by molar-refractivity contribution is 6.39. The molecule has 10 heteroatoms. The van der Waals surface area contributed by atoms with E-state index in [0.29, 0.717) is 54.9 Å². The SMILES string of the molecule is CCOc1cc(C=C2C(=O)NC(=O)N(c3ccc(OC)cc3)C2=O)ccc1OCCOCCOc1ccc(C)cc1. The summed E-state index contributed by atoms with van der Waals surface area (Å²) in [6.07, 6.45) is 1.41. The molecule has 0 aromatic heterocycles. The third kappa shape index (κ3) is 7.64. The molecule has 0 aliphatic carbocycles. The van der Waals surface area contributed by atoms with E-state index in [1.54, 1.807) is 42.5 Å². The molecule has 4 amide bonds. The van der Waals surface area contributed by atoms with Gasteiger partial charge in [-0.2, -0.15) is 0 Å². The lowest BCUT2D eigenvalue weighted by molar-refractivity contribution is -0.122. The minimum absolute atomic E-state index is 0.196. The number of ether oxygens (including phenoxy) is 5. The first kappa shape index (κ1) is 29.2. The van der Waals surface area contributed by atoms with Crippen LogP contribution in [0.4, 0.5) is 10.5 Å². The van der Waals surface area contributed by atoms with Gasteiger partial charge in [-0.1, -0.05) is 23.8 Å². The van der Waals surface area contributed by atoms with Gasteiger partial charge in [0.15, 0.2) is 11.5 Å². The number of carbonyl (C=O) groups excluding carboxylic acids is 3. The van der Waals surface area contributed by atoms with E-state index in [9.17, 15) is 14.4 Å². The highest BCUT2D eigenvalue weighted by Gasteiger charge is 2.36. The second kappa shape index (κ2) is 14.0. The number of hydrogen-bond donors (Lipinski definition) is 1. The van der Waals surface area contributed by atoms with Crippen molar-refractivity contribution in [1.29, 1.82) is 0 Å². The lowest BCUT2D eigenvalue weighted by Crippen LogP contribution is -2.54. The van der Waals surface area contributed by atoms with E-state index in [2.05, 4.69) is 5.32 Å². The molecule has 1 heterocycles. The van der Waals surface area contributed by atoms with Crippen molar-refractivity contribution in [3.8, 4) is 23.0 Å². The van der Waals surface area contributed by atoms with Crippen LogP contribution in [0.5, 0.6) is 23.0 Å². The Hall–Kier alpha value is -4.83. The zero-order valence-electron chi connectivity index (χ0n) is 23.2. The van der Waals surface area contributed by atoms with E-state index in [-0.39, 0.29) is 12.2 Å². The zero-order chi connectivity index (χ0) is 29.2. The van der Waals surface area contributed by atoms with Crippen molar-refractivity contribution in [3.05, 3.63) is 83.4 Å². The maximum absolute atomic E-state index is 13.2. The Bertz CT molecular complexity index is 1400. The molecule has 41 heavy (non-hydrogen) atoms. The molecule has 1 saturated heterocycles. The van der Waals surface area contributed by atoms with Crippen LogP contribution in [0.25, 0.3) is 6.08 Å². The number of methoxy groups -OCH3 is 1. The van der Waals surface area contributed by atoms with Crippen molar-refractivity contribution >= 4 is 29.6 Å². The summed E-state index contributed by atoms with van der Waals surface area (Å²) in [5.74, 6) is 0.755. The van der Waals surface area contributed by atoms with E-state index in [1.807, 2.05) is 38.1 Å². The van der Waals surface area contributed by atoms with Gasteiger partial charge in [-0.25, -0.2) is 9.69 Å². The molecular formula is C31H32N2O8. The first-order valence-corrected chi connectivity index (χ1v) is 13.1. The average Bonchev–Trinajstić information content (AvgIpc) is 2.97. The van der Waals surface area contributed by atoms with Gasteiger partial charge in [-0.05, 0) is 74.0 Å². The van der Waals surface area contributed by atoms with E-state index in [4.69, 9.17) is 23.7 Å². The van der Waals surface area contributed by atoms with Crippen LogP contribution in [0.3, 0.4) is 0 Å². The van der Waals surface area contributed by atoms with Crippen molar-refractivity contribution in [2.75, 3.05) is 45.0 Å². The number of benzene rings is 3. The summed E-state index contributed by atoms with van der Waals surface area (Å²) in [6.45, 7) is 5.69. The van der Waals surface area contributed by atoms with Crippen molar-refractivity contribution in [3.63, 3.8) is 0 Å². The number of urea groups is 1. The Morgan fingerprint density at radius 3 is 2.15 bits per heavy atom. The number of nitrogens with one attached hydrogen (secondary N) is 1. The van der Waals surface area contributed by atoms with Crippen LogP contribution < -0.4 is 29.2 Å². The first-order chi connectivity index (χ1) is 19.9. The van der Waals surface area contributed by atoms with Crippen LogP contribution in [0.15, 0.2) is 72.3 Å². The standard InChI is InChI=1S/C31H32N2O8/c1-4-39-28-20-22(7-14-27(28)41-18-16-38-15-17-40-25-10-5-21(2)6-11-25)19-26-29(34)32-31(36)33(30(26)35)23-8-12-24(37-3)13-9-23/h5-14,19-20H,4,15-18H2,1-3H3,(H,32,34,36). The minimum atomic E-state index is -0.829. The van der Waals surface area contributed by atoms with Crippen molar-refractivity contribution in [1.82, 2.24) is 5.32 Å². The van der Waals surface area contributed by atoms with E-state index >= 15 is 0 Å². The molecule has 0 atom stereocenters. The molecule has 10 nitrogen and oxygen atoms in total.